The van der Waals surface area contributed by atoms with Crippen LogP contribution >= 0.6 is 22.6 Å². The monoisotopic (exact) mass is 436 g/mol. The molecule has 0 unspecified atom stereocenters. The molecule has 0 rings (SSSR count). The fraction of sp³-hybridized carbons (Fsp3) is 0.667. The maximum absolute atomic E-state index is 2.26. The average Bonchev–Trinajstić information content (AvgIpc) is 0.811. The molecule has 0 aliphatic heterocycles. The average molecular weight is 436 g/mol. The van der Waals surface area contributed by atoms with E-state index in [0.29, 0.717) is 0 Å². The summed E-state index contributed by atoms with van der Waals surface area (Å²) in [5.41, 5.74) is 0. The normalized spacial score (nSPS) is 7.20. The maximum atomic E-state index is 2.26. The molecule has 0 fully saturated rings. The minimum Gasteiger partial charge on any atom is -0.313 e. The van der Waals surface area contributed by atoms with Crippen LogP contribution in [0.15, 0.2) is 0 Å². The van der Waals surface area contributed by atoms with E-state index in [4.69, 9.17) is 0 Å². The van der Waals surface area contributed by atoms with Gasteiger partial charge in [0.25, 0.3) is 0 Å². The summed E-state index contributed by atoms with van der Waals surface area (Å²) in [6.45, 7) is 4.14. The molecule has 0 aromatic heterocycles. The molecule has 0 aliphatic carbocycles. The standard InChI is InChI=1S/C3H6I.Rf/c1-3(2)4;/h1-2H3;/q-1;. The van der Waals surface area contributed by atoms with Gasteiger partial charge in [0.05, 0.1) is 0 Å². The smallest absolute Gasteiger partial charge is 0 e. The fourth-order valence-corrected chi connectivity index (χ4v) is 0. The Balaban J connectivity index is 0. The number of halogens is 1. The van der Waals surface area contributed by atoms with Crippen molar-refractivity contribution in [3.63, 3.8) is 0 Å². The Morgan fingerprint density at radius 3 is 1.40 bits per heavy atom. The summed E-state index contributed by atoms with van der Waals surface area (Å²) in [4.78, 5) is 0. The summed E-state index contributed by atoms with van der Waals surface area (Å²) in [6, 6.07) is 0. The van der Waals surface area contributed by atoms with Crippen LogP contribution in [0.4, 0.5) is 0 Å². The van der Waals surface area contributed by atoms with Crippen LogP contribution in [0, 0.1) is 3.92 Å². The summed E-state index contributed by atoms with van der Waals surface area (Å²) in [5, 5.41) is 0. The molecule has 5 heavy (non-hydrogen) atoms. The zero-order valence-electron chi connectivity index (χ0n) is 3.59. The van der Waals surface area contributed by atoms with Crippen molar-refractivity contribution in [2.45, 2.75) is 13.8 Å². The van der Waals surface area contributed by atoms with Crippen LogP contribution in [0.25, 0.3) is 0 Å². The molecule has 0 amide bonds. The molecule has 0 aromatic carbocycles. The van der Waals surface area contributed by atoms with Crippen LogP contribution < -0.4 is 0 Å². The maximum Gasteiger partial charge on any atom is 0 e. The van der Waals surface area contributed by atoms with Gasteiger partial charge in [-0.25, -0.2) is 0 Å². The minimum atomic E-state index is 0. The van der Waals surface area contributed by atoms with Gasteiger partial charge in [0, 0.05) is 0 Å². The SMILES string of the molecule is C[C-](C)I.[Rf]. The Morgan fingerprint density at radius 2 is 1.40 bits per heavy atom. The predicted octanol–water partition coefficient (Wildman–Crippen LogP) is 1.99. The molecule has 0 heterocycles. The van der Waals surface area contributed by atoms with E-state index >= 15 is 0 Å². The van der Waals surface area contributed by atoms with Gasteiger partial charge in [-0.3, -0.25) is 3.92 Å². The van der Waals surface area contributed by atoms with Crippen LogP contribution in [0.5, 0.6) is 0 Å². The van der Waals surface area contributed by atoms with Gasteiger partial charge in [0.2, 0.25) is 0 Å². The minimum absolute atomic E-state index is 0. The molecule has 0 radical (unpaired) electrons. The second kappa shape index (κ2) is 3.73. The van der Waals surface area contributed by atoms with Crippen molar-refractivity contribution < 1.29 is 0 Å². The van der Waals surface area contributed by atoms with Crippen molar-refractivity contribution in [1.29, 1.82) is 0 Å². The van der Waals surface area contributed by atoms with E-state index in [1.54, 1.807) is 0 Å². The first-order valence-electron chi connectivity index (χ1n) is 1.19. The van der Waals surface area contributed by atoms with Crippen LogP contribution in [0.2, 0.25) is 0 Å². The molecular weight excluding hydrogens is 430 g/mol. The van der Waals surface area contributed by atoms with E-state index < -0.39 is 0 Å². The van der Waals surface area contributed by atoms with Gasteiger partial charge in [-0.2, -0.15) is 13.8 Å². The summed E-state index contributed by atoms with van der Waals surface area (Å²) in [7, 11) is 0. The van der Waals surface area contributed by atoms with E-state index in [9.17, 15) is 0 Å². The van der Waals surface area contributed by atoms with Gasteiger partial charge in [-0.1, -0.05) is 0 Å². The molecule has 0 nitrogen and oxygen atoms in total. The molecule has 2 heteroatoms. The molecule has 0 saturated heterocycles. The number of rotatable bonds is 0. The van der Waals surface area contributed by atoms with Gasteiger partial charge in [-0.05, 0) is 0 Å². The summed E-state index contributed by atoms with van der Waals surface area (Å²) >= 11 is 2.26. The van der Waals surface area contributed by atoms with E-state index in [2.05, 4.69) is 36.4 Å². The molecule has 0 bridgehead atoms. The van der Waals surface area contributed by atoms with E-state index in [-0.39, 0.29) is 0 Å². The summed E-state index contributed by atoms with van der Waals surface area (Å²) in [6.07, 6.45) is 0. The molecule has 28 valence electrons. The first-order chi connectivity index (χ1) is 1.73. The van der Waals surface area contributed by atoms with Gasteiger partial charge in [0.1, 0.15) is 0 Å². The Kier molecular flexibility index (Phi) is 6.59. The van der Waals surface area contributed by atoms with Crippen molar-refractivity contribution in [1.82, 2.24) is 0 Å². The second-order valence-corrected chi connectivity index (χ2v) is 3.04. The zero-order valence-corrected chi connectivity index (χ0v) is 12.1. The number of hydrogen-bond donors (Lipinski definition) is 0. The van der Waals surface area contributed by atoms with Crippen molar-refractivity contribution >= 4 is 22.6 Å². The quantitative estimate of drug-likeness (QED) is 0.403. The molecular formula is C3H6IRf-. The number of hydrogen-bond acceptors (Lipinski definition) is 0. The molecule has 0 spiro atoms. The fourth-order valence-electron chi connectivity index (χ4n) is 0. The third-order valence-electron chi connectivity index (χ3n) is 0. The van der Waals surface area contributed by atoms with Gasteiger partial charge >= 0.3 is 0 Å². The molecule has 0 aromatic rings. The topological polar surface area (TPSA) is 0 Å². The van der Waals surface area contributed by atoms with E-state index in [1.165, 1.54) is 3.92 Å². The Bertz CT molecular complexity index is 11.6. The van der Waals surface area contributed by atoms with Gasteiger partial charge in [0.15, 0.2) is 0 Å². The van der Waals surface area contributed by atoms with Crippen LogP contribution in [0.1, 0.15) is 13.8 Å². The van der Waals surface area contributed by atoms with Gasteiger partial charge in [-0.15, -0.1) is 0 Å². The summed E-state index contributed by atoms with van der Waals surface area (Å²) in [5.74, 6) is 0. The molecule has 0 atom stereocenters. The molecule has 0 aliphatic rings. The van der Waals surface area contributed by atoms with Gasteiger partial charge < -0.3 is 22.6 Å². The zero-order chi connectivity index (χ0) is 3.58. The van der Waals surface area contributed by atoms with Crippen molar-refractivity contribution in [2.24, 2.45) is 0 Å². The van der Waals surface area contributed by atoms with E-state index in [1.807, 2.05) is 0 Å². The first kappa shape index (κ1) is 8.83. The van der Waals surface area contributed by atoms with Crippen LogP contribution in [-0.2, 0) is 0 Å². The van der Waals surface area contributed by atoms with Crippen LogP contribution in [-0.4, -0.2) is 0 Å². The summed E-state index contributed by atoms with van der Waals surface area (Å²) < 4.78 is 1.39. The van der Waals surface area contributed by atoms with Crippen molar-refractivity contribution in [3.05, 3.63) is 3.92 Å². The Labute approximate surface area is 40.7 Å². The van der Waals surface area contributed by atoms with Crippen LogP contribution in [0.3, 0.4) is 0 Å². The third kappa shape index (κ3) is 153. The molecule has 0 saturated carbocycles. The van der Waals surface area contributed by atoms with Crippen molar-refractivity contribution in [2.75, 3.05) is 0 Å². The molecule has 0 N–H and O–H groups in total. The Hall–Kier alpha value is -0.270. The first-order valence-corrected chi connectivity index (χ1v) is 2.27. The predicted molar refractivity (Wildman–Crippen MR) is 28.6 cm³/mol. The largest absolute Gasteiger partial charge is 0.313 e. The van der Waals surface area contributed by atoms with E-state index in [0.717, 1.165) is 0 Å². The Morgan fingerprint density at radius 1 is 1.40 bits per heavy atom. The second-order valence-electron chi connectivity index (χ2n) is 0.878. The third-order valence-corrected chi connectivity index (χ3v) is 0. The van der Waals surface area contributed by atoms with Crippen molar-refractivity contribution in [3.8, 4) is 0 Å².